The molecule has 19 heavy (non-hydrogen) atoms. The lowest BCUT2D eigenvalue weighted by molar-refractivity contribution is 0.112. The Balaban J connectivity index is 1.93. The highest BCUT2D eigenvalue weighted by Crippen LogP contribution is 2.33. The minimum Gasteiger partial charge on any atom is -0.395 e. The van der Waals surface area contributed by atoms with Gasteiger partial charge < -0.3 is 5.11 Å². The molecule has 106 valence electrons. The van der Waals surface area contributed by atoms with Crippen molar-refractivity contribution in [1.29, 1.82) is 0 Å². The van der Waals surface area contributed by atoms with E-state index >= 15 is 0 Å². The minimum atomic E-state index is 0.198. The minimum absolute atomic E-state index is 0.198. The van der Waals surface area contributed by atoms with Crippen LogP contribution in [-0.4, -0.2) is 29.7 Å². The molecular weight excluding hydrogens is 281 g/mol. The van der Waals surface area contributed by atoms with Crippen LogP contribution in [0.2, 0.25) is 10.0 Å². The summed E-state index contributed by atoms with van der Waals surface area (Å²) in [6, 6.07) is 5.75. The molecule has 0 radical (unpaired) electrons. The molecule has 0 heterocycles. The van der Waals surface area contributed by atoms with E-state index in [1.54, 1.807) is 0 Å². The lowest BCUT2D eigenvalue weighted by atomic mass is 9.76. The molecule has 1 aromatic rings. The Morgan fingerprint density at radius 1 is 1.26 bits per heavy atom. The number of hydrogen-bond donors (Lipinski definition) is 1. The first kappa shape index (κ1) is 15.1. The third kappa shape index (κ3) is 4.35. The van der Waals surface area contributed by atoms with Gasteiger partial charge >= 0.3 is 0 Å². The first-order valence-electron chi connectivity index (χ1n) is 6.85. The molecule has 4 heteroatoms. The Morgan fingerprint density at radius 2 is 2.00 bits per heavy atom. The Morgan fingerprint density at radius 3 is 2.58 bits per heavy atom. The van der Waals surface area contributed by atoms with Crippen molar-refractivity contribution < 1.29 is 5.11 Å². The molecule has 1 aromatic carbocycles. The summed E-state index contributed by atoms with van der Waals surface area (Å²) in [5.74, 6) is 1.65. The summed E-state index contributed by atoms with van der Waals surface area (Å²) in [5.41, 5.74) is 1.15. The predicted molar refractivity (Wildman–Crippen MR) is 80.7 cm³/mol. The number of rotatable bonds is 6. The van der Waals surface area contributed by atoms with Crippen LogP contribution in [0.1, 0.15) is 25.3 Å². The number of aliphatic hydroxyl groups is 1. The molecule has 1 saturated carbocycles. The molecule has 0 aliphatic heterocycles. The number of aliphatic hydroxyl groups excluding tert-OH is 1. The van der Waals surface area contributed by atoms with Crippen molar-refractivity contribution in [2.24, 2.45) is 11.8 Å². The monoisotopic (exact) mass is 301 g/mol. The van der Waals surface area contributed by atoms with Gasteiger partial charge in [-0.15, -0.1) is 0 Å². The molecule has 2 nitrogen and oxygen atoms in total. The van der Waals surface area contributed by atoms with Gasteiger partial charge in [-0.2, -0.15) is 0 Å². The van der Waals surface area contributed by atoms with Crippen LogP contribution < -0.4 is 0 Å². The summed E-state index contributed by atoms with van der Waals surface area (Å²) in [6.07, 6.45) is 2.62. The van der Waals surface area contributed by atoms with Crippen LogP contribution >= 0.6 is 23.2 Å². The molecule has 0 unspecified atom stereocenters. The Labute approximate surface area is 125 Å². The zero-order chi connectivity index (χ0) is 13.8. The fourth-order valence-corrected chi connectivity index (χ4v) is 3.18. The van der Waals surface area contributed by atoms with Gasteiger partial charge in [-0.25, -0.2) is 0 Å². The van der Waals surface area contributed by atoms with Gasteiger partial charge in [0.1, 0.15) is 0 Å². The highest BCUT2D eigenvalue weighted by molar-refractivity contribution is 6.42. The molecule has 0 saturated heterocycles. The largest absolute Gasteiger partial charge is 0.395 e. The van der Waals surface area contributed by atoms with Gasteiger partial charge in [-0.1, -0.05) is 36.2 Å². The summed E-state index contributed by atoms with van der Waals surface area (Å²) in [4.78, 5) is 2.30. The van der Waals surface area contributed by atoms with Crippen LogP contribution in [0.25, 0.3) is 0 Å². The summed E-state index contributed by atoms with van der Waals surface area (Å²) in [7, 11) is 0. The van der Waals surface area contributed by atoms with Crippen molar-refractivity contribution in [1.82, 2.24) is 4.90 Å². The van der Waals surface area contributed by atoms with E-state index in [0.717, 1.165) is 30.5 Å². The molecule has 1 aliphatic carbocycles. The van der Waals surface area contributed by atoms with Crippen LogP contribution in [0, 0.1) is 11.8 Å². The van der Waals surface area contributed by atoms with Gasteiger partial charge in [0.25, 0.3) is 0 Å². The molecule has 0 aromatic heterocycles. The fraction of sp³-hybridized carbons (Fsp3) is 0.600. The predicted octanol–water partition coefficient (Wildman–Crippen LogP) is 3.83. The van der Waals surface area contributed by atoms with E-state index in [1.807, 2.05) is 18.2 Å². The van der Waals surface area contributed by atoms with E-state index in [4.69, 9.17) is 23.2 Å². The standard InChI is InChI=1S/C15H21Cl2NO/c1-11-6-13(7-11)10-18(4-5-19)9-12-2-3-14(16)15(17)8-12/h2-3,8,11,13,19H,4-7,9-10H2,1H3. The quantitative estimate of drug-likeness (QED) is 0.863. The maximum atomic E-state index is 9.18. The van der Waals surface area contributed by atoms with Crippen molar-refractivity contribution in [3.63, 3.8) is 0 Å². The first-order chi connectivity index (χ1) is 9.08. The lowest BCUT2D eigenvalue weighted by Gasteiger charge is -2.36. The molecule has 1 aliphatic rings. The maximum absolute atomic E-state index is 9.18. The second-order valence-corrected chi connectivity index (χ2v) is 6.46. The number of hydrogen-bond acceptors (Lipinski definition) is 2. The molecule has 2 rings (SSSR count). The van der Waals surface area contributed by atoms with E-state index in [9.17, 15) is 5.11 Å². The van der Waals surface area contributed by atoms with Crippen molar-refractivity contribution in [2.45, 2.75) is 26.3 Å². The van der Waals surface area contributed by atoms with E-state index in [-0.39, 0.29) is 6.61 Å². The zero-order valence-corrected chi connectivity index (χ0v) is 12.8. The van der Waals surface area contributed by atoms with Gasteiger partial charge in [-0.3, -0.25) is 4.90 Å². The van der Waals surface area contributed by atoms with Gasteiger partial charge in [-0.05, 0) is 42.4 Å². The molecule has 0 atom stereocenters. The summed E-state index contributed by atoms with van der Waals surface area (Å²) in [6.45, 7) is 5.09. The van der Waals surface area contributed by atoms with Crippen molar-refractivity contribution >= 4 is 23.2 Å². The van der Waals surface area contributed by atoms with E-state index < -0.39 is 0 Å². The van der Waals surface area contributed by atoms with Crippen LogP contribution in [0.5, 0.6) is 0 Å². The van der Waals surface area contributed by atoms with E-state index in [2.05, 4.69) is 11.8 Å². The molecular formula is C15H21Cl2NO. The summed E-state index contributed by atoms with van der Waals surface area (Å²) in [5, 5.41) is 10.4. The highest BCUT2D eigenvalue weighted by atomic mass is 35.5. The second kappa shape index (κ2) is 6.94. The van der Waals surface area contributed by atoms with E-state index in [1.165, 1.54) is 12.8 Å². The number of halogens is 2. The maximum Gasteiger partial charge on any atom is 0.0595 e. The Bertz CT molecular complexity index is 419. The van der Waals surface area contributed by atoms with Crippen LogP contribution in [0.3, 0.4) is 0 Å². The van der Waals surface area contributed by atoms with Crippen LogP contribution in [-0.2, 0) is 6.54 Å². The molecule has 0 spiro atoms. The second-order valence-electron chi connectivity index (χ2n) is 5.65. The average Bonchev–Trinajstić information content (AvgIpc) is 2.32. The van der Waals surface area contributed by atoms with Gasteiger partial charge in [0.2, 0.25) is 0 Å². The topological polar surface area (TPSA) is 23.5 Å². The van der Waals surface area contributed by atoms with Gasteiger partial charge in [0, 0.05) is 19.6 Å². The Hall–Kier alpha value is -0.280. The van der Waals surface area contributed by atoms with Crippen molar-refractivity contribution in [3.8, 4) is 0 Å². The smallest absolute Gasteiger partial charge is 0.0595 e. The molecule has 0 bridgehead atoms. The lowest BCUT2D eigenvalue weighted by Crippen LogP contribution is -2.36. The van der Waals surface area contributed by atoms with Gasteiger partial charge in [0.15, 0.2) is 0 Å². The Kier molecular flexibility index (Phi) is 5.52. The third-order valence-electron chi connectivity index (χ3n) is 3.79. The first-order valence-corrected chi connectivity index (χ1v) is 7.61. The summed E-state index contributed by atoms with van der Waals surface area (Å²) >= 11 is 12.0. The van der Waals surface area contributed by atoms with Crippen molar-refractivity contribution in [3.05, 3.63) is 33.8 Å². The molecule has 0 amide bonds. The fourth-order valence-electron chi connectivity index (χ4n) is 2.86. The SMILES string of the molecule is CC1CC(CN(CCO)Cc2ccc(Cl)c(Cl)c2)C1. The molecule has 1 fully saturated rings. The van der Waals surface area contributed by atoms with E-state index in [0.29, 0.717) is 16.6 Å². The number of benzene rings is 1. The van der Waals surface area contributed by atoms with Gasteiger partial charge in [0.05, 0.1) is 16.7 Å². The number of nitrogens with zero attached hydrogens (tertiary/aromatic N) is 1. The van der Waals surface area contributed by atoms with Crippen molar-refractivity contribution in [2.75, 3.05) is 19.7 Å². The highest BCUT2D eigenvalue weighted by Gasteiger charge is 2.26. The average molecular weight is 302 g/mol. The van der Waals surface area contributed by atoms with Crippen LogP contribution in [0.15, 0.2) is 18.2 Å². The normalized spacial score (nSPS) is 22.6. The third-order valence-corrected chi connectivity index (χ3v) is 4.53. The van der Waals surface area contributed by atoms with Crippen LogP contribution in [0.4, 0.5) is 0 Å². The summed E-state index contributed by atoms with van der Waals surface area (Å²) < 4.78 is 0. The zero-order valence-electron chi connectivity index (χ0n) is 11.3. The molecule has 1 N–H and O–H groups in total.